The Hall–Kier alpha value is -5.10. The molecule has 1 N–H and O–H groups in total. The summed E-state index contributed by atoms with van der Waals surface area (Å²) in [5, 5.41) is 2.63. The van der Waals surface area contributed by atoms with Gasteiger partial charge in [-0.05, 0) is 98.8 Å². The molecule has 8 rings (SSSR count). The van der Waals surface area contributed by atoms with Crippen molar-refractivity contribution in [1.82, 2.24) is 28.5 Å². The number of nitrogens with zero attached hydrogens (tertiary/aromatic N) is 5. The minimum Gasteiger partial charge on any atom is -0.358 e. The van der Waals surface area contributed by atoms with Gasteiger partial charge in [0.05, 0.1) is 17.4 Å². The summed E-state index contributed by atoms with van der Waals surface area (Å²) in [6.45, 7) is 17.5. The van der Waals surface area contributed by atoms with Crippen LogP contribution in [-0.4, -0.2) is 28.5 Å². The van der Waals surface area contributed by atoms with Crippen LogP contribution in [0.15, 0.2) is 128 Å². The average Bonchev–Trinajstić information content (AvgIpc) is 3.89. The van der Waals surface area contributed by atoms with Crippen molar-refractivity contribution in [3.8, 4) is 0 Å². The molecule has 0 unspecified atom stereocenters. The fraction of sp³-hybridized carbons (Fsp3) is 0.286. The van der Waals surface area contributed by atoms with Crippen molar-refractivity contribution in [2.75, 3.05) is 0 Å². The van der Waals surface area contributed by atoms with Gasteiger partial charge in [0, 0.05) is 53.1 Å². The van der Waals surface area contributed by atoms with Crippen LogP contribution in [0.2, 0.25) is 0 Å². The van der Waals surface area contributed by atoms with Crippen LogP contribution in [0.4, 0.5) is 0 Å². The van der Waals surface area contributed by atoms with Crippen molar-refractivity contribution in [3.05, 3.63) is 139 Å². The van der Waals surface area contributed by atoms with Crippen molar-refractivity contribution in [2.45, 2.75) is 79.3 Å². The standard InChI is InChI=1S/2C11H13N.2C10H12N2/c1-9(2)12-8-7-10-5-3-4-6-11(10)12;1-8(2)11-7-9-5-3-4-6-10(9)12-11;1-8(2)9-7-11-10-5-3-4-6-12(9)10;1-8(2)12-7-11-9-5-3-4-6-10(9)12/h3-9H,1-2H3;3-8,12H,1-2H3;2*3-8H,1-2H3. The van der Waals surface area contributed by atoms with Crippen LogP contribution in [0.1, 0.15) is 90.7 Å². The van der Waals surface area contributed by atoms with Crippen LogP contribution in [0.3, 0.4) is 0 Å². The van der Waals surface area contributed by atoms with Gasteiger partial charge in [-0.1, -0.05) is 82.3 Å². The predicted octanol–water partition coefficient (Wildman–Crippen LogP) is 11.6. The van der Waals surface area contributed by atoms with Gasteiger partial charge < -0.3 is 18.5 Å². The number of benzene rings is 3. The maximum Gasteiger partial charge on any atom is 0.136 e. The summed E-state index contributed by atoms with van der Waals surface area (Å²) >= 11 is 0. The molecule has 0 saturated heterocycles. The van der Waals surface area contributed by atoms with Gasteiger partial charge in [0.1, 0.15) is 5.65 Å². The highest BCUT2D eigenvalue weighted by Gasteiger charge is 2.06. The molecule has 0 amide bonds. The van der Waals surface area contributed by atoms with Crippen molar-refractivity contribution in [1.29, 1.82) is 0 Å². The summed E-state index contributed by atoms with van der Waals surface area (Å²) in [6.07, 6.45) is 8.04. The smallest absolute Gasteiger partial charge is 0.136 e. The van der Waals surface area contributed by atoms with Crippen LogP contribution in [-0.2, 0) is 0 Å². The minimum atomic E-state index is 0.484. The number of H-pyrrole nitrogens is 1. The molecule has 3 aromatic carbocycles. The second-order valence-electron chi connectivity index (χ2n) is 13.3. The first-order valence-corrected chi connectivity index (χ1v) is 17.1. The summed E-state index contributed by atoms with van der Waals surface area (Å²) in [7, 11) is 0. The van der Waals surface area contributed by atoms with Gasteiger partial charge in [0.15, 0.2) is 0 Å². The molecule has 48 heavy (non-hydrogen) atoms. The molecule has 0 atom stereocenters. The molecule has 8 aromatic rings. The van der Waals surface area contributed by atoms with Crippen LogP contribution >= 0.6 is 0 Å². The molecule has 6 nitrogen and oxygen atoms in total. The Morgan fingerprint density at radius 2 is 1.21 bits per heavy atom. The molecule has 0 saturated carbocycles. The third-order valence-electron chi connectivity index (χ3n) is 8.43. The summed E-state index contributed by atoms with van der Waals surface area (Å²) in [6, 6.07) is 36.5. The first-order valence-electron chi connectivity index (χ1n) is 17.1. The second kappa shape index (κ2) is 15.7. The number of aromatic amines is 1. The van der Waals surface area contributed by atoms with Crippen molar-refractivity contribution < 1.29 is 0 Å². The lowest BCUT2D eigenvalue weighted by atomic mass is 10.1. The zero-order valence-corrected chi connectivity index (χ0v) is 29.7. The zero-order chi connectivity index (χ0) is 34.2. The normalized spacial score (nSPS) is 11.2. The van der Waals surface area contributed by atoms with E-state index in [1.807, 2.05) is 48.9 Å². The number of fused-ring (bicyclic) bond motifs is 4. The maximum absolute atomic E-state index is 4.30. The number of hydrogen-bond acceptors (Lipinski definition) is 2. The molecule has 5 aromatic heterocycles. The highest BCUT2D eigenvalue weighted by atomic mass is 15.1. The van der Waals surface area contributed by atoms with Gasteiger partial charge in [0.2, 0.25) is 0 Å². The molecule has 0 spiro atoms. The third kappa shape index (κ3) is 8.06. The van der Waals surface area contributed by atoms with Crippen molar-refractivity contribution >= 4 is 38.5 Å². The van der Waals surface area contributed by atoms with E-state index in [9.17, 15) is 0 Å². The Kier molecular flexibility index (Phi) is 11.2. The Morgan fingerprint density at radius 1 is 0.562 bits per heavy atom. The first-order chi connectivity index (χ1) is 23.1. The Morgan fingerprint density at radius 3 is 1.90 bits per heavy atom. The molecule has 0 aliphatic rings. The molecule has 6 heteroatoms. The van der Waals surface area contributed by atoms with Crippen molar-refractivity contribution in [2.24, 2.45) is 0 Å². The summed E-state index contributed by atoms with van der Waals surface area (Å²) in [4.78, 5) is 12.0. The van der Waals surface area contributed by atoms with Crippen LogP contribution in [0.5, 0.6) is 0 Å². The Bertz CT molecular complexity index is 1940. The summed E-state index contributed by atoms with van der Waals surface area (Å²) in [5.41, 5.74) is 8.47. The largest absolute Gasteiger partial charge is 0.358 e. The molecule has 248 valence electrons. The molecule has 0 bridgehead atoms. The van der Waals surface area contributed by atoms with Gasteiger partial charge in [-0.2, -0.15) is 0 Å². The van der Waals surface area contributed by atoms with E-state index in [1.54, 1.807) is 0 Å². The second-order valence-corrected chi connectivity index (χ2v) is 13.3. The first kappa shape index (κ1) is 34.2. The number of aromatic nitrogens is 6. The summed E-state index contributed by atoms with van der Waals surface area (Å²) in [5.74, 6) is 1.11. The lowest BCUT2D eigenvalue weighted by Gasteiger charge is -2.08. The topological polar surface area (TPSA) is 55.8 Å². The fourth-order valence-electron chi connectivity index (χ4n) is 5.73. The molecule has 5 heterocycles. The van der Waals surface area contributed by atoms with Gasteiger partial charge in [-0.15, -0.1) is 0 Å². The average molecular weight is 639 g/mol. The molecule has 0 fully saturated rings. The van der Waals surface area contributed by atoms with E-state index in [1.165, 1.54) is 38.7 Å². The number of hydrogen-bond donors (Lipinski definition) is 1. The number of imidazole rings is 2. The van der Waals surface area contributed by atoms with Gasteiger partial charge in [0.25, 0.3) is 0 Å². The number of rotatable bonds is 4. The predicted molar refractivity (Wildman–Crippen MR) is 204 cm³/mol. The van der Waals surface area contributed by atoms with E-state index in [-0.39, 0.29) is 0 Å². The molecular formula is C42H50N6. The van der Waals surface area contributed by atoms with Gasteiger partial charge >= 0.3 is 0 Å². The number of para-hydroxylation sites is 4. The van der Waals surface area contributed by atoms with Gasteiger partial charge in [-0.3, -0.25) is 0 Å². The van der Waals surface area contributed by atoms with E-state index >= 15 is 0 Å². The lowest BCUT2D eigenvalue weighted by molar-refractivity contribution is 0.617. The Balaban J connectivity index is 0.000000125. The highest BCUT2D eigenvalue weighted by Crippen LogP contribution is 2.21. The Labute approximate surface area is 285 Å². The molecule has 0 aliphatic heterocycles. The SMILES string of the molecule is CC(C)c1cc2ccccc2[nH]1.CC(C)c1cnc2ccccn12.CC(C)n1ccc2ccccc21.CC(C)n1cnc2ccccc21. The summed E-state index contributed by atoms with van der Waals surface area (Å²) < 4.78 is 6.59. The van der Waals surface area contributed by atoms with E-state index in [0.29, 0.717) is 23.9 Å². The van der Waals surface area contributed by atoms with E-state index < -0.39 is 0 Å². The van der Waals surface area contributed by atoms with E-state index in [4.69, 9.17) is 0 Å². The fourth-order valence-corrected chi connectivity index (χ4v) is 5.73. The number of nitrogens with one attached hydrogen (secondary N) is 1. The van der Waals surface area contributed by atoms with E-state index in [2.05, 4.69) is 163 Å². The molecule has 0 radical (unpaired) electrons. The third-order valence-corrected chi connectivity index (χ3v) is 8.43. The van der Waals surface area contributed by atoms with Crippen LogP contribution in [0.25, 0.3) is 38.5 Å². The van der Waals surface area contributed by atoms with Crippen molar-refractivity contribution in [3.63, 3.8) is 0 Å². The van der Waals surface area contributed by atoms with Gasteiger partial charge in [-0.25, -0.2) is 9.97 Å². The van der Waals surface area contributed by atoms with E-state index in [0.717, 1.165) is 11.2 Å². The lowest BCUT2D eigenvalue weighted by Crippen LogP contribution is -1.97. The van der Waals surface area contributed by atoms with Crippen LogP contribution < -0.4 is 0 Å². The quantitative estimate of drug-likeness (QED) is 0.208. The minimum absolute atomic E-state index is 0.484. The number of pyridine rings is 1. The van der Waals surface area contributed by atoms with Crippen LogP contribution in [0, 0.1) is 0 Å². The highest BCUT2D eigenvalue weighted by molar-refractivity contribution is 5.81. The molecule has 0 aliphatic carbocycles. The zero-order valence-electron chi connectivity index (χ0n) is 29.7. The monoisotopic (exact) mass is 638 g/mol. The maximum atomic E-state index is 4.30. The molecular weight excluding hydrogens is 589 g/mol.